The van der Waals surface area contributed by atoms with Crippen molar-refractivity contribution in [2.24, 2.45) is 0 Å². The smallest absolute Gasteiger partial charge is 0.317 e. The van der Waals surface area contributed by atoms with E-state index in [1.807, 2.05) is 59.2 Å². The summed E-state index contributed by atoms with van der Waals surface area (Å²) >= 11 is 0. The highest BCUT2D eigenvalue weighted by atomic mass is 16.5. The molecule has 2 aromatic carbocycles. The minimum absolute atomic E-state index is 0.0479. The molecule has 1 N–H and O–H groups in total. The normalized spacial score (nSPS) is 13.1. The van der Waals surface area contributed by atoms with Crippen molar-refractivity contribution in [2.45, 2.75) is 33.0 Å². The van der Waals surface area contributed by atoms with E-state index < -0.39 is 0 Å². The minimum atomic E-state index is -0.0479. The van der Waals surface area contributed by atoms with Gasteiger partial charge >= 0.3 is 6.03 Å². The number of rotatable bonds is 6. The second-order valence-electron chi connectivity index (χ2n) is 7.23. The van der Waals surface area contributed by atoms with Crippen LogP contribution < -0.4 is 10.1 Å². The number of carbonyl (C=O) groups excluding carboxylic acids is 1. The Kier molecular flexibility index (Phi) is 5.79. The molecule has 1 aromatic heterocycles. The number of hydrogen-bond acceptors (Lipinski definition) is 3. The van der Waals surface area contributed by atoms with E-state index in [9.17, 15) is 4.79 Å². The van der Waals surface area contributed by atoms with Crippen LogP contribution >= 0.6 is 0 Å². The lowest BCUT2D eigenvalue weighted by atomic mass is 10.00. The van der Waals surface area contributed by atoms with Crippen molar-refractivity contribution in [3.05, 3.63) is 83.2 Å². The molecule has 0 aliphatic carbocycles. The van der Waals surface area contributed by atoms with Gasteiger partial charge in [0.25, 0.3) is 0 Å². The molecule has 1 aliphatic heterocycles. The Bertz CT molecular complexity index is 968. The van der Waals surface area contributed by atoms with Crippen LogP contribution in [0.2, 0.25) is 0 Å². The Hall–Kier alpha value is -3.28. The summed E-state index contributed by atoms with van der Waals surface area (Å²) in [5, 5.41) is 7.42. The van der Waals surface area contributed by atoms with Gasteiger partial charge in [-0.3, -0.25) is 4.68 Å². The largest absolute Gasteiger partial charge is 0.494 e. The van der Waals surface area contributed by atoms with E-state index >= 15 is 0 Å². The van der Waals surface area contributed by atoms with Gasteiger partial charge in [-0.25, -0.2) is 4.79 Å². The first-order chi connectivity index (χ1) is 14.2. The molecular formula is C23H26N4O2. The molecular weight excluding hydrogens is 364 g/mol. The van der Waals surface area contributed by atoms with Gasteiger partial charge in [-0.05, 0) is 42.2 Å². The Morgan fingerprint density at radius 1 is 1.14 bits per heavy atom. The highest BCUT2D eigenvalue weighted by molar-refractivity contribution is 5.74. The van der Waals surface area contributed by atoms with Crippen molar-refractivity contribution in [2.75, 3.05) is 13.2 Å². The predicted octanol–water partition coefficient (Wildman–Crippen LogP) is 3.60. The fourth-order valence-electron chi connectivity index (χ4n) is 3.61. The fourth-order valence-corrected chi connectivity index (χ4v) is 3.61. The average Bonchev–Trinajstić information content (AvgIpc) is 3.19. The third-order valence-electron chi connectivity index (χ3n) is 5.11. The van der Waals surface area contributed by atoms with Crippen LogP contribution in [0.25, 0.3) is 0 Å². The summed E-state index contributed by atoms with van der Waals surface area (Å²) < 4.78 is 7.48. The molecule has 0 unspecified atom stereocenters. The molecule has 6 heteroatoms. The number of nitrogens with one attached hydrogen (secondary N) is 1. The molecule has 0 fully saturated rings. The molecule has 0 spiro atoms. The number of nitrogens with zero attached hydrogens (tertiary/aromatic N) is 3. The average molecular weight is 390 g/mol. The van der Waals surface area contributed by atoms with E-state index in [-0.39, 0.29) is 6.03 Å². The Balaban J connectivity index is 1.32. The summed E-state index contributed by atoms with van der Waals surface area (Å²) in [4.78, 5) is 14.5. The van der Waals surface area contributed by atoms with Gasteiger partial charge in [0.2, 0.25) is 0 Å². The maximum Gasteiger partial charge on any atom is 0.317 e. The van der Waals surface area contributed by atoms with E-state index in [2.05, 4.69) is 28.6 Å². The topological polar surface area (TPSA) is 59.4 Å². The highest BCUT2D eigenvalue weighted by Gasteiger charge is 2.21. The molecule has 6 nitrogen and oxygen atoms in total. The molecule has 3 aromatic rings. The summed E-state index contributed by atoms with van der Waals surface area (Å²) in [6, 6.07) is 16.3. The van der Waals surface area contributed by atoms with Crippen molar-refractivity contribution in [1.82, 2.24) is 20.0 Å². The van der Waals surface area contributed by atoms with E-state index in [1.165, 1.54) is 11.1 Å². The molecule has 1 aliphatic rings. The minimum Gasteiger partial charge on any atom is -0.494 e. The Morgan fingerprint density at radius 2 is 2.00 bits per heavy atom. The number of benzene rings is 2. The van der Waals surface area contributed by atoms with E-state index in [0.29, 0.717) is 19.7 Å². The third-order valence-corrected chi connectivity index (χ3v) is 5.11. The number of aromatic nitrogens is 2. The van der Waals surface area contributed by atoms with E-state index in [0.717, 1.165) is 36.4 Å². The van der Waals surface area contributed by atoms with Crippen LogP contribution in [0.3, 0.4) is 0 Å². The molecule has 0 bridgehead atoms. The molecule has 0 atom stereocenters. The zero-order chi connectivity index (χ0) is 20.1. The molecule has 150 valence electrons. The highest BCUT2D eigenvalue weighted by Crippen LogP contribution is 2.24. The van der Waals surface area contributed by atoms with Crippen LogP contribution in [0.15, 0.2) is 60.9 Å². The summed E-state index contributed by atoms with van der Waals surface area (Å²) in [6.45, 7) is 5.13. The number of fused-ring (bicyclic) bond motifs is 1. The van der Waals surface area contributed by atoms with E-state index in [1.54, 1.807) is 0 Å². The molecule has 0 radical (unpaired) electrons. The van der Waals surface area contributed by atoms with Gasteiger partial charge in [0.1, 0.15) is 5.75 Å². The summed E-state index contributed by atoms with van der Waals surface area (Å²) in [6.07, 6.45) is 4.65. The first-order valence-corrected chi connectivity index (χ1v) is 10.0. The van der Waals surface area contributed by atoms with E-state index in [4.69, 9.17) is 4.74 Å². The maximum atomic E-state index is 12.6. The SMILES string of the molecule is CCOc1ccc2c(c1)CN(C(=O)NCc1cnn(Cc3ccccc3)c1)CC2. The van der Waals surface area contributed by atoms with Crippen LogP contribution in [0.5, 0.6) is 5.75 Å². The second-order valence-corrected chi connectivity index (χ2v) is 7.23. The van der Waals surface area contributed by atoms with Gasteiger partial charge in [0, 0.05) is 31.4 Å². The molecule has 0 saturated carbocycles. The zero-order valence-electron chi connectivity index (χ0n) is 16.7. The molecule has 29 heavy (non-hydrogen) atoms. The first-order valence-electron chi connectivity index (χ1n) is 10.0. The van der Waals surface area contributed by atoms with Gasteiger partial charge in [-0.15, -0.1) is 0 Å². The summed E-state index contributed by atoms with van der Waals surface area (Å²) in [5.74, 6) is 0.860. The first kappa shape index (κ1) is 19.1. The van der Waals surface area contributed by atoms with Crippen molar-refractivity contribution in [3.8, 4) is 5.75 Å². The van der Waals surface area contributed by atoms with Crippen LogP contribution in [-0.2, 0) is 26.1 Å². The maximum absolute atomic E-state index is 12.6. The predicted molar refractivity (Wildman–Crippen MR) is 112 cm³/mol. The van der Waals surface area contributed by atoms with Crippen LogP contribution in [0.1, 0.15) is 29.2 Å². The number of carbonyl (C=O) groups is 1. The van der Waals surface area contributed by atoms with Crippen molar-refractivity contribution >= 4 is 6.03 Å². The number of urea groups is 1. The van der Waals surface area contributed by atoms with Crippen LogP contribution in [-0.4, -0.2) is 33.9 Å². The van der Waals surface area contributed by atoms with Gasteiger partial charge < -0.3 is 15.0 Å². The Labute approximate surface area is 171 Å². The number of hydrogen-bond donors (Lipinski definition) is 1. The zero-order valence-corrected chi connectivity index (χ0v) is 16.7. The lowest BCUT2D eigenvalue weighted by Crippen LogP contribution is -2.42. The lowest BCUT2D eigenvalue weighted by Gasteiger charge is -2.29. The van der Waals surface area contributed by atoms with Gasteiger partial charge in [0.05, 0.1) is 19.3 Å². The second kappa shape index (κ2) is 8.82. The Morgan fingerprint density at radius 3 is 2.83 bits per heavy atom. The van der Waals surface area contributed by atoms with Gasteiger partial charge in [-0.2, -0.15) is 5.10 Å². The van der Waals surface area contributed by atoms with Crippen molar-refractivity contribution in [1.29, 1.82) is 0 Å². The molecule has 0 saturated heterocycles. The standard InChI is InChI=1S/C23H26N4O2/c1-2-29-22-9-8-20-10-11-26(17-21(20)12-22)23(28)24-13-19-14-25-27(16-19)15-18-6-4-3-5-7-18/h3-9,12,14,16H,2,10-11,13,15,17H2,1H3,(H,24,28). The summed E-state index contributed by atoms with van der Waals surface area (Å²) in [7, 11) is 0. The monoisotopic (exact) mass is 390 g/mol. The van der Waals surface area contributed by atoms with Crippen molar-refractivity contribution < 1.29 is 9.53 Å². The van der Waals surface area contributed by atoms with Crippen LogP contribution in [0, 0.1) is 0 Å². The number of amides is 2. The fraction of sp³-hybridized carbons (Fsp3) is 0.304. The summed E-state index contributed by atoms with van der Waals surface area (Å²) in [5.41, 5.74) is 4.64. The third kappa shape index (κ3) is 4.77. The van der Waals surface area contributed by atoms with Gasteiger partial charge in [-0.1, -0.05) is 36.4 Å². The molecule has 4 rings (SSSR count). The van der Waals surface area contributed by atoms with Gasteiger partial charge in [0.15, 0.2) is 0 Å². The number of ether oxygens (including phenoxy) is 1. The van der Waals surface area contributed by atoms with Crippen molar-refractivity contribution in [3.63, 3.8) is 0 Å². The van der Waals surface area contributed by atoms with Crippen LogP contribution in [0.4, 0.5) is 4.79 Å². The molecule has 2 heterocycles. The molecule has 2 amide bonds. The lowest BCUT2D eigenvalue weighted by molar-refractivity contribution is 0.191. The quantitative estimate of drug-likeness (QED) is 0.700.